The van der Waals surface area contributed by atoms with Crippen LogP contribution in [0.15, 0.2) is 48.7 Å². The van der Waals surface area contributed by atoms with Crippen molar-refractivity contribution in [3.8, 4) is 0 Å². The molecule has 0 aliphatic heterocycles. The first-order valence-electron chi connectivity index (χ1n) is 6.44. The lowest BCUT2D eigenvalue weighted by Crippen LogP contribution is -2.00. The van der Waals surface area contributed by atoms with Gasteiger partial charge in [-0.2, -0.15) is 0 Å². The largest absolute Gasteiger partial charge is 0.343 e. The highest BCUT2D eigenvalue weighted by Crippen LogP contribution is 2.20. The van der Waals surface area contributed by atoms with E-state index in [1.807, 2.05) is 18.3 Å². The normalized spacial score (nSPS) is 11.1. The van der Waals surface area contributed by atoms with Crippen LogP contribution in [0.25, 0.3) is 10.9 Å². The molecule has 3 aromatic rings. The van der Waals surface area contributed by atoms with E-state index in [0.717, 1.165) is 17.4 Å². The van der Waals surface area contributed by atoms with E-state index in [-0.39, 0.29) is 5.82 Å². The van der Waals surface area contributed by atoms with Crippen molar-refractivity contribution in [1.29, 1.82) is 0 Å². The van der Waals surface area contributed by atoms with Crippen molar-refractivity contribution in [2.75, 3.05) is 0 Å². The van der Waals surface area contributed by atoms with Crippen LogP contribution in [-0.2, 0) is 6.54 Å². The Hall–Kier alpha value is -2.09. The molecule has 0 unspecified atom stereocenters. The fourth-order valence-electron chi connectivity index (χ4n) is 2.46. The summed E-state index contributed by atoms with van der Waals surface area (Å²) in [6.07, 6.45) is 2.02. The van der Waals surface area contributed by atoms with Gasteiger partial charge in [0.15, 0.2) is 0 Å². The minimum absolute atomic E-state index is 0.183. The predicted octanol–water partition coefficient (Wildman–Crippen LogP) is 4.45. The van der Waals surface area contributed by atoms with E-state index < -0.39 is 0 Å². The van der Waals surface area contributed by atoms with E-state index in [9.17, 15) is 4.39 Å². The molecule has 0 radical (unpaired) electrons. The number of fused-ring (bicyclic) bond motifs is 1. The van der Waals surface area contributed by atoms with Gasteiger partial charge in [-0.1, -0.05) is 23.8 Å². The van der Waals surface area contributed by atoms with Gasteiger partial charge < -0.3 is 4.57 Å². The first-order chi connectivity index (χ1) is 9.13. The number of halogens is 1. The Morgan fingerprint density at radius 2 is 1.84 bits per heavy atom. The van der Waals surface area contributed by atoms with Crippen LogP contribution in [0.2, 0.25) is 0 Å². The van der Waals surface area contributed by atoms with Crippen LogP contribution in [0.4, 0.5) is 4.39 Å². The Labute approximate surface area is 112 Å². The smallest absolute Gasteiger partial charge is 0.123 e. The Balaban J connectivity index is 2.03. The van der Waals surface area contributed by atoms with Crippen molar-refractivity contribution in [1.82, 2.24) is 4.57 Å². The molecule has 2 heteroatoms. The van der Waals surface area contributed by atoms with Crippen LogP contribution < -0.4 is 0 Å². The molecule has 2 aromatic carbocycles. The molecule has 3 rings (SSSR count). The lowest BCUT2D eigenvalue weighted by atomic mass is 10.1. The van der Waals surface area contributed by atoms with E-state index in [4.69, 9.17) is 0 Å². The third kappa shape index (κ3) is 2.26. The maximum absolute atomic E-state index is 13.2. The molecule has 1 nitrogen and oxygen atoms in total. The second kappa shape index (κ2) is 4.54. The summed E-state index contributed by atoms with van der Waals surface area (Å²) in [4.78, 5) is 0. The van der Waals surface area contributed by atoms with Crippen LogP contribution in [0.5, 0.6) is 0 Å². The summed E-state index contributed by atoms with van der Waals surface area (Å²) in [5.74, 6) is -0.183. The molecule has 0 spiro atoms. The van der Waals surface area contributed by atoms with Crippen molar-refractivity contribution in [3.05, 3.63) is 71.2 Å². The Morgan fingerprint density at radius 3 is 2.68 bits per heavy atom. The fraction of sp³-hybridized carbons (Fsp3) is 0.176. The number of aryl methyl sites for hydroxylation is 2. The van der Waals surface area contributed by atoms with Gasteiger partial charge in [0, 0.05) is 23.6 Å². The quantitative estimate of drug-likeness (QED) is 0.636. The van der Waals surface area contributed by atoms with E-state index in [0.29, 0.717) is 0 Å². The van der Waals surface area contributed by atoms with Gasteiger partial charge in [-0.3, -0.25) is 0 Å². The molecular weight excluding hydrogens is 237 g/mol. The minimum atomic E-state index is -0.183. The highest BCUT2D eigenvalue weighted by molar-refractivity contribution is 5.80. The first kappa shape index (κ1) is 12.0. The van der Waals surface area contributed by atoms with E-state index in [1.54, 1.807) is 6.07 Å². The molecule has 0 bridgehead atoms. The van der Waals surface area contributed by atoms with Gasteiger partial charge in [-0.15, -0.1) is 0 Å². The van der Waals surface area contributed by atoms with Gasteiger partial charge in [0.25, 0.3) is 0 Å². The molecule has 0 N–H and O–H groups in total. The molecular formula is C17H16FN. The van der Waals surface area contributed by atoms with Gasteiger partial charge in [0.1, 0.15) is 5.82 Å². The van der Waals surface area contributed by atoms with Gasteiger partial charge in [0.2, 0.25) is 0 Å². The molecule has 0 aliphatic carbocycles. The maximum Gasteiger partial charge on any atom is 0.123 e. The van der Waals surface area contributed by atoms with Crippen LogP contribution in [-0.4, -0.2) is 4.57 Å². The van der Waals surface area contributed by atoms with Gasteiger partial charge >= 0.3 is 0 Å². The van der Waals surface area contributed by atoms with Crippen LogP contribution in [0.3, 0.4) is 0 Å². The van der Waals surface area contributed by atoms with Crippen molar-refractivity contribution in [2.24, 2.45) is 0 Å². The molecule has 0 aliphatic rings. The number of hydrogen-bond donors (Lipinski definition) is 0. The molecule has 0 amide bonds. The molecule has 0 atom stereocenters. The van der Waals surface area contributed by atoms with Crippen molar-refractivity contribution in [3.63, 3.8) is 0 Å². The van der Waals surface area contributed by atoms with E-state index in [1.165, 1.54) is 22.8 Å². The zero-order valence-electron chi connectivity index (χ0n) is 11.2. The number of rotatable bonds is 2. The van der Waals surface area contributed by atoms with Crippen molar-refractivity contribution in [2.45, 2.75) is 20.4 Å². The lowest BCUT2D eigenvalue weighted by Gasteiger charge is -2.10. The summed E-state index contributed by atoms with van der Waals surface area (Å²) >= 11 is 0. The number of nitrogens with zero attached hydrogens (tertiary/aromatic N) is 1. The monoisotopic (exact) mass is 253 g/mol. The third-order valence-electron chi connectivity index (χ3n) is 3.58. The average molecular weight is 253 g/mol. The molecule has 0 saturated heterocycles. The standard InChI is InChI=1S/C17H16FN/c1-12-3-4-13(2)15(9-12)11-19-8-7-14-10-16(18)5-6-17(14)19/h3-10H,11H2,1-2H3. The Bertz CT molecular complexity index is 740. The number of benzene rings is 2. The SMILES string of the molecule is Cc1ccc(C)c(Cn2ccc3cc(F)ccc32)c1. The molecule has 0 saturated carbocycles. The van der Waals surface area contributed by atoms with E-state index in [2.05, 4.69) is 36.6 Å². The first-order valence-corrected chi connectivity index (χ1v) is 6.44. The second-order valence-electron chi connectivity index (χ2n) is 5.08. The summed E-state index contributed by atoms with van der Waals surface area (Å²) in [6, 6.07) is 13.4. The minimum Gasteiger partial charge on any atom is -0.343 e. The Kier molecular flexibility index (Phi) is 2.86. The van der Waals surface area contributed by atoms with Crippen molar-refractivity contribution < 1.29 is 4.39 Å². The molecule has 1 heterocycles. The Morgan fingerprint density at radius 1 is 1.00 bits per heavy atom. The van der Waals surface area contributed by atoms with Gasteiger partial charge in [-0.05, 0) is 49.2 Å². The molecule has 96 valence electrons. The highest BCUT2D eigenvalue weighted by Gasteiger charge is 2.05. The summed E-state index contributed by atoms with van der Waals surface area (Å²) in [5.41, 5.74) is 4.93. The zero-order valence-corrected chi connectivity index (χ0v) is 11.2. The molecule has 1 aromatic heterocycles. The second-order valence-corrected chi connectivity index (χ2v) is 5.08. The summed E-state index contributed by atoms with van der Waals surface area (Å²) in [5, 5.41) is 0.949. The topological polar surface area (TPSA) is 4.93 Å². The molecule has 19 heavy (non-hydrogen) atoms. The average Bonchev–Trinajstić information content (AvgIpc) is 2.76. The highest BCUT2D eigenvalue weighted by atomic mass is 19.1. The fourth-order valence-corrected chi connectivity index (χ4v) is 2.46. The van der Waals surface area contributed by atoms with E-state index >= 15 is 0 Å². The lowest BCUT2D eigenvalue weighted by molar-refractivity contribution is 0.629. The maximum atomic E-state index is 13.2. The van der Waals surface area contributed by atoms with Gasteiger partial charge in [0.05, 0.1) is 0 Å². The number of aromatic nitrogens is 1. The summed E-state index contributed by atoms with van der Waals surface area (Å²) in [7, 11) is 0. The summed E-state index contributed by atoms with van der Waals surface area (Å²) < 4.78 is 15.3. The number of hydrogen-bond acceptors (Lipinski definition) is 0. The summed E-state index contributed by atoms with van der Waals surface area (Å²) in [6.45, 7) is 5.05. The van der Waals surface area contributed by atoms with Crippen LogP contribution >= 0.6 is 0 Å². The third-order valence-corrected chi connectivity index (χ3v) is 3.58. The van der Waals surface area contributed by atoms with Gasteiger partial charge in [-0.25, -0.2) is 4.39 Å². The van der Waals surface area contributed by atoms with Crippen LogP contribution in [0, 0.1) is 19.7 Å². The zero-order chi connectivity index (χ0) is 13.4. The molecule has 0 fully saturated rings. The van der Waals surface area contributed by atoms with Crippen molar-refractivity contribution >= 4 is 10.9 Å². The predicted molar refractivity (Wildman–Crippen MR) is 76.9 cm³/mol. The van der Waals surface area contributed by atoms with Crippen LogP contribution in [0.1, 0.15) is 16.7 Å².